The first kappa shape index (κ1) is 23.2. The Labute approximate surface area is 193 Å². The highest BCUT2D eigenvalue weighted by atomic mass is 35.5. The lowest BCUT2D eigenvalue weighted by molar-refractivity contribution is -0.119. The molecule has 32 heavy (non-hydrogen) atoms. The minimum absolute atomic E-state index is 0.0697. The Hall–Kier alpha value is -1.98. The van der Waals surface area contributed by atoms with Crippen LogP contribution in [-0.2, 0) is 24.8 Å². The molecule has 0 bridgehead atoms. The van der Waals surface area contributed by atoms with E-state index < -0.39 is 32.0 Å². The standard InChI is InChI=1S/C21H24ClN3O5S2/c22-16-8-10-18(11-9-16)32(29,30)25-14-4-7-20(25)21(26)23-17-5-3-6-19(15-17)31(27,28)24-12-1-2-13-24/h3,5-6,8-11,15,20H,1-2,4,7,12-14H2,(H,23,26)/t20-/m0/s1. The normalized spacial score (nSPS) is 20.5. The second-order valence-electron chi connectivity index (χ2n) is 7.86. The number of hydrogen-bond donors (Lipinski definition) is 1. The van der Waals surface area contributed by atoms with Crippen LogP contribution in [0, 0.1) is 0 Å². The highest BCUT2D eigenvalue weighted by molar-refractivity contribution is 7.89. The summed E-state index contributed by atoms with van der Waals surface area (Å²) in [7, 11) is -7.50. The highest BCUT2D eigenvalue weighted by Gasteiger charge is 2.39. The van der Waals surface area contributed by atoms with Gasteiger partial charge in [0.05, 0.1) is 9.79 Å². The van der Waals surface area contributed by atoms with Crippen molar-refractivity contribution in [1.82, 2.24) is 8.61 Å². The molecule has 11 heteroatoms. The molecule has 2 fully saturated rings. The Kier molecular flexibility index (Phi) is 6.60. The lowest BCUT2D eigenvalue weighted by atomic mass is 10.2. The first-order chi connectivity index (χ1) is 15.2. The van der Waals surface area contributed by atoms with Crippen molar-refractivity contribution >= 4 is 43.2 Å². The molecule has 0 spiro atoms. The molecule has 0 aliphatic carbocycles. The van der Waals surface area contributed by atoms with Gasteiger partial charge in [-0.1, -0.05) is 17.7 Å². The van der Waals surface area contributed by atoms with Crippen molar-refractivity contribution in [2.45, 2.75) is 41.5 Å². The molecule has 8 nitrogen and oxygen atoms in total. The fourth-order valence-corrected chi connectivity index (χ4v) is 7.42. The van der Waals surface area contributed by atoms with Gasteiger partial charge in [-0.2, -0.15) is 8.61 Å². The molecule has 0 aromatic heterocycles. The van der Waals surface area contributed by atoms with Crippen molar-refractivity contribution in [2.24, 2.45) is 0 Å². The molecule has 0 radical (unpaired) electrons. The van der Waals surface area contributed by atoms with Gasteiger partial charge in [-0.05, 0) is 68.1 Å². The number of carbonyl (C=O) groups excluding carboxylic acids is 1. The molecule has 0 unspecified atom stereocenters. The van der Waals surface area contributed by atoms with E-state index in [-0.39, 0.29) is 16.3 Å². The summed E-state index contributed by atoms with van der Waals surface area (Å²) in [5.41, 5.74) is 0.311. The fourth-order valence-electron chi connectivity index (χ4n) is 4.07. The SMILES string of the molecule is O=C(Nc1cccc(S(=O)(=O)N2CCCC2)c1)[C@@H]1CCCN1S(=O)(=O)c1ccc(Cl)cc1. The lowest BCUT2D eigenvalue weighted by Crippen LogP contribution is -2.43. The lowest BCUT2D eigenvalue weighted by Gasteiger charge is -2.23. The molecule has 2 saturated heterocycles. The third-order valence-electron chi connectivity index (χ3n) is 5.73. The van der Waals surface area contributed by atoms with Gasteiger partial charge in [-0.25, -0.2) is 16.8 Å². The van der Waals surface area contributed by atoms with Gasteiger partial charge in [0.15, 0.2) is 0 Å². The Morgan fingerprint density at radius 3 is 2.25 bits per heavy atom. The van der Waals surface area contributed by atoms with E-state index in [0.717, 1.165) is 12.8 Å². The number of anilines is 1. The molecule has 1 atom stereocenters. The van der Waals surface area contributed by atoms with Gasteiger partial charge in [-0.15, -0.1) is 0 Å². The Morgan fingerprint density at radius 1 is 0.875 bits per heavy atom. The molecular weight excluding hydrogens is 474 g/mol. The van der Waals surface area contributed by atoms with Crippen LogP contribution in [0.5, 0.6) is 0 Å². The van der Waals surface area contributed by atoms with E-state index in [1.54, 1.807) is 12.1 Å². The Bertz CT molecular complexity index is 1210. The number of sulfonamides is 2. The van der Waals surface area contributed by atoms with E-state index >= 15 is 0 Å². The van der Waals surface area contributed by atoms with Crippen LogP contribution in [0.2, 0.25) is 5.02 Å². The van der Waals surface area contributed by atoms with E-state index in [1.165, 1.54) is 45.0 Å². The van der Waals surface area contributed by atoms with Crippen molar-refractivity contribution in [3.8, 4) is 0 Å². The molecule has 0 saturated carbocycles. The average molecular weight is 498 g/mol. The number of rotatable bonds is 6. The van der Waals surface area contributed by atoms with Gasteiger partial charge in [-0.3, -0.25) is 4.79 Å². The van der Waals surface area contributed by atoms with Crippen LogP contribution in [-0.4, -0.2) is 57.0 Å². The van der Waals surface area contributed by atoms with Crippen LogP contribution in [0.15, 0.2) is 58.3 Å². The number of amides is 1. The van der Waals surface area contributed by atoms with Crippen molar-refractivity contribution in [1.29, 1.82) is 0 Å². The van der Waals surface area contributed by atoms with Gasteiger partial charge in [0.1, 0.15) is 6.04 Å². The molecular formula is C21H24ClN3O5S2. The monoisotopic (exact) mass is 497 g/mol. The molecule has 1 amide bonds. The van der Waals surface area contributed by atoms with Crippen LogP contribution < -0.4 is 5.32 Å². The van der Waals surface area contributed by atoms with Crippen LogP contribution in [0.1, 0.15) is 25.7 Å². The predicted octanol–water partition coefficient (Wildman–Crippen LogP) is 2.92. The van der Waals surface area contributed by atoms with E-state index in [2.05, 4.69) is 5.32 Å². The summed E-state index contributed by atoms with van der Waals surface area (Å²) >= 11 is 5.86. The second kappa shape index (κ2) is 9.11. The molecule has 1 N–H and O–H groups in total. The molecule has 2 aromatic carbocycles. The maximum absolute atomic E-state index is 13.1. The average Bonchev–Trinajstić information content (AvgIpc) is 3.47. The third kappa shape index (κ3) is 4.55. The number of nitrogens with zero attached hydrogens (tertiary/aromatic N) is 2. The zero-order chi connectivity index (χ0) is 22.9. The molecule has 172 valence electrons. The summed E-state index contributed by atoms with van der Waals surface area (Å²) < 4.78 is 54.4. The van der Waals surface area contributed by atoms with Gasteiger partial charge >= 0.3 is 0 Å². The maximum atomic E-state index is 13.1. The van der Waals surface area contributed by atoms with Crippen LogP contribution in [0.4, 0.5) is 5.69 Å². The zero-order valence-corrected chi connectivity index (χ0v) is 19.7. The number of nitrogens with one attached hydrogen (secondary N) is 1. The summed E-state index contributed by atoms with van der Waals surface area (Å²) in [6.45, 7) is 1.20. The Balaban J connectivity index is 1.53. The van der Waals surface area contributed by atoms with E-state index in [4.69, 9.17) is 11.6 Å². The van der Waals surface area contributed by atoms with E-state index in [9.17, 15) is 21.6 Å². The van der Waals surface area contributed by atoms with Gasteiger partial charge < -0.3 is 5.32 Å². The van der Waals surface area contributed by atoms with Gasteiger partial charge in [0, 0.05) is 30.3 Å². The molecule has 2 aliphatic rings. The predicted molar refractivity (Wildman–Crippen MR) is 121 cm³/mol. The number of hydrogen-bond acceptors (Lipinski definition) is 5. The number of benzene rings is 2. The minimum atomic E-state index is -3.87. The first-order valence-corrected chi connectivity index (χ1v) is 13.6. The largest absolute Gasteiger partial charge is 0.325 e. The number of carbonyl (C=O) groups is 1. The molecule has 2 aromatic rings. The summed E-state index contributed by atoms with van der Waals surface area (Å²) in [6, 6.07) is 11.0. The van der Waals surface area contributed by atoms with E-state index in [1.807, 2.05) is 0 Å². The molecule has 4 rings (SSSR count). The van der Waals surface area contributed by atoms with Crippen molar-refractivity contribution in [3.63, 3.8) is 0 Å². The quantitative estimate of drug-likeness (QED) is 0.660. The van der Waals surface area contributed by atoms with Crippen molar-refractivity contribution < 1.29 is 21.6 Å². The minimum Gasteiger partial charge on any atom is -0.325 e. The van der Waals surface area contributed by atoms with Gasteiger partial charge in [0.25, 0.3) is 0 Å². The summed E-state index contributed by atoms with van der Waals surface area (Å²) in [6.07, 6.45) is 2.59. The van der Waals surface area contributed by atoms with Crippen LogP contribution >= 0.6 is 11.6 Å². The van der Waals surface area contributed by atoms with Crippen LogP contribution in [0.3, 0.4) is 0 Å². The zero-order valence-electron chi connectivity index (χ0n) is 17.3. The smallest absolute Gasteiger partial charge is 0.243 e. The summed E-state index contributed by atoms with van der Waals surface area (Å²) in [4.78, 5) is 13.2. The number of halogens is 1. The summed E-state index contributed by atoms with van der Waals surface area (Å²) in [5.74, 6) is -0.490. The third-order valence-corrected chi connectivity index (χ3v) is 9.80. The van der Waals surface area contributed by atoms with Crippen LogP contribution in [0.25, 0.3) is 0 Å². The first-order valence-electron chi connectivity index (χ1n) is 10.4. The van der Waals surface area contributed by atoms with Crippen molar-refractivity contribution in [3.05, 3.63) is 53.6 Å². The topological polar surface area (TPSA) is 104 Å². The van der Waals surface area contributed by atoms with E-state index in [0.29, 0.717) is 36.6 Å². The highest BCUT2D eigenvalue weighted by Crippen LogP contribution is 2.28. The molecule has 2 aliphatic heterocycles. The maximum Gasteiger partial charge on any atom is 0.243 e. The fraction of sp³-hybridized carbons (Fsp3) is 0.381. The van der Waals surface area contributed by atoms with Crippen molar-refractivity contribution in [2.75, 3.05) is 25.0 Å². The Morgan fingerprint density at radius 2 is 1.56 bits per heavy atom. The van der Waals surface area contributed by atoms with Gasteiger partial charge in [0.2, 0.25) is 26.0 Å². The second-order valence-corrected chi connectivity index (χ2v) is 12.1. The summed E-state index contributed by atoms with van der Waals surface area (Å²) in [5, 5.41) is 3.12. The molecule has 2 heterocycles.